The van der Waals surface area contributed by atoms with E-state index >= 15 is 0 Å². The predicted molar refractivity (Wildman–Crippen MR) is 86.8 cm³/mol. The SMILES string of the molecule is CN(CC(=O)N1CCC(Cc2cc(F)ccc2F)CC1)S(C)(=O)=O. The predicted octanol–water partition coefficient (Wildman–Crippen LogP) is 1.64. The molecule has 0 unspecified atom stereocenters. The van der Waals surface area contributed by atoms with E-state index in [0.717, 1.165) is 22.7 Å². The van der Waals surface area contributed by atoms with Crippen molar-refractivity contribution in [1.29, 1.82) is 0 Å². The quantitative estimate of drug-likeness (QED) is 0.802. The third-order valence-corrected chi connectivity index (χ3v) is 5.67. The average Bonchev–Trinajstić information content (AvgIpc) is 2.50. The number of carbonyl (C=O) groups is 1. The highest BCUT2D eigenvalue weighted by atomic mass is 32.2. The van der Waals surface area contributed by atoms with E-state index in [9.17, 15) is 22.0 Å². The topological polar surface area (TPSA) is 57.7 Å². The van der Waals surface area contributed by atoms with Gasteiger partial charge in [-0.05, 0) is 48.9 Å². The summed E-state index contributed by atoms with van der Waals surface area (Å²) in [4.78, 5) is 13.8. The van der Waals surface area contributed by atoms with E-state index in [0.29, 0.717) is 37.9 Å². The van der Waals surface area contributed by atoms with Gasteiger partial charge in [0.25, 0.3) is 0 Å². The van der Waals surface area contributed by atoms with Crippen LogP contribution in [0.2, 0.25) is 0 Å². The van der Waals surface area contributed by atoms with Gasteiger partial charge in [-0.25, -0.2) is 17.2 Å². The molecule has 1 aliphatic heterocycles. The summed E-state index contributed by atoms with van der Waals surface area (Å²) in [5.41, 5.74) is 0.358. The summed E-state index contributed by atoms with van der Waals surface area (Å²) in [6.07, 6.45) is 2.86. The fraction of sp³-hybridized carbons (Fsp3) is 0.562. The van der Waals surface area contributed by atoms with Crippen molar-refractivity contribution in [2.45, 2.75) is 19.3 Å². The van der Waals surface area contributed by atoms with Gasteiger partial charge in [0.1, 0.15) is 11.6 Å². The molecule has 1 aromatic rings. The van der Waals surface area contributed by atoms with E-state index in [1.807, 2.05) is 0 Å². The summed E-state index contributed by atoms with van der Waals surface area (Å²) in [6.45, 7) is 0.818. The maximum Gasteiger partial charge on any atom is 0.237 e. The summed E-state index contributed by atoms with van der Waals surface area (Å²) in [5.74, 6) is -0.927. The number of benzene rings is 1. The Labute approximate surface area is 141 Å². The van der Waals surface area contributed by atoms with Crippen molar-refractivity contribution in [2.24, 2.45) is 5.92 Å². The largest absolute Gasteiger partial charge is 0.342 e. The number of amides is 1. The van der Waals surface area contributed by atoms with Gasteiger partial charge in [0.2, 0.25) is 15.9 Å². The lowest BCUT2D eigenvalue weighted by molar-refractivity contribution is -0.132. The molecule has 2 rings (SSSR count). The number of likely N-dealkylation sites (N-methyl/N-ethyl adjacent to an activating group) is 1. The molecule has 0 aromatic heterocycles. The molecule has 0 aliphatic carbocycles. The van der Waals surface area contributed by atoms with Crippen LogP contribution in [-0.2, 0) is 21.2 Å². The molecule has 0 saturated carbocycles. The number of hydrogen-bond acceptors (Lipinski definition) is 3. The fourth-order valence-electron chi connectivity index (χ4n) is 2.80. The zero-order valence-electron chi connectivity index (χ0n) is 13.8. The van der Waals surface area contributed by atoms with Crippen molar-refractivity contribution in [3.63, 3.8) is 0 Å². The van der Waals surface area contributed by atoms with Crippen LogP contribution in [0.5, 0.6) is 0 Å². The van der Waals surface area contributed by atoms with Crippen LogP contribution < -0.4 is 0 Å². The van der Waals surface area contributed by atoms with Crippen molar-refractivity contribution < 1.29 is 22.0 Å². The van der Waals surface area contributed by atoms with Gasteiger partial charge in [0, 0.05) is 20.1 Å². The zero-order valence-corrected chi connectivity index (χ0v) is 14.7. The van der Waals surface area contributed by atoms with Gasteiger partial charge in [0.05, 0.1) is 12.8 Å². The van der Waals surface area contributed by atoms with E-state index in [-0.39, 0.29) is 18.4 Å². The van der Waals surface area contributed by atoms with Crippen LogP contribution in [0.25, 0.3) is 0 Å². The number of hydrogen-bond donors (Lipinski definition) is 0. The van der Waals surface area contributed by atoms with Crippen LogP contribution >= 0.6 is 0 Å². The molecule has 5 nitrogen and oxygen atoms in total. The minimum absolute atomic E-state index is 0.179. The van der Waals surface area contributed by atoms with Crippen LogP contribution in [0.1, 0.15) is 18.4 Å². The number of likely N-dealkylation sites (tertiary alicyclic amines) is 1. The standard InChI is InChI=1S/C16H22F2N2O3S/c1-19(24(2,22)23)11-16(21)20-7-5-12(6-8-20)9-13-10-14(17)3-4-15(13)18/h3-4,10,12H,5-9,11H2,1-2H3. The fourth-order valence-corrected chi connectivity index (χ4v) is 3.15. The van der Waals surface area contributed by atoms with E-state index in [1.54, 1.807) is 4.90 Å². The van der Waals surface area contributed by atoms with E-state index in [2.05, 4.69) is 0 Å². The first-order chi connectivity index (χ1) is 11.2. The van der Waals surface area contributed by atoms with Crippen LogP contribution in [-0.4, -0.2) is 56.5 Å². The maximum absolute atomic E-state index is 13.7. The molecule has 0 atom stereocenters. The normalized spacial score (nSPS) is 16.6. The highest BCUT2D eigenvalue weighted by Gasteiger charge is 2.25. The molecular formula is C16H22F2N2O3S. The molecule has 1 fully saturated rings. The summed E-state index contributed by atoms with van der Waals surface area (Å²) in [7, 11) is -2.02. The number of piperidine rings is 1. The van der Waals surface area contributed by atoms with E-state index in [1.165, 1.54) is 13.1 Å². The summed E-state index contributed by atoms with van der Waals surface area (Å²) in [6, 6.07) is 3.44. The maximum atomic E-state index is 13.7. The van der Waals surface area contributed by atoms with Crippen molar-refractivity contribution >= 4 is 15.9 Å². The molecule has 1 saturated heterocycles. The molecule has 24 heavy (non-hydrogen) atoms. The molecule has 8 heteroatoms. The lowest BCUT2D eigenvalue weighted by Gasteiger charge is -2.33. The summed E-state index contributed by atoms with van der Waals surface area (Å²) in [5, 5.41) is 0. The third kappa shape index (κ3) is 4.98. The second kappa shape index (κ2) is 7.57. The van der Waals surface area contributed by atoms with Crippen molar-refractivity contribution in [2.75, 3.05) is 32.9 Å². The van der Waals surface area contributed by atoms with Crippen molar-refractivity contribution in [1.82, 2.24) is 9.21 Å². The molecule has 1 aliphatic rings. The molecule has 1 aromatic carbocycles. The highest BCUT2D eigenvalue weighted by Crippen LogP contribution is 2.23. The van der Waals surface area contributed by atoms with Gasteiger partial charge in [-0.2, -0.15) is 4.31 Å². The molecule has 0 radical (unpaired) electrons. The minimum atomic E-state index is -3.39. The zero-order chi connectivity index (χ0) is 17.9. The number of carbonyl (C=O) groups excluding carboxylic acids is 1. The Kier molecular flexibility index (Phi) is 5.92. The Hall–Kier alpha value is -1.54. The molecule has 0 N–H and O–H groups in total. The third-order valence-electron chi connectivity index (χ3n) is 4.41. The minimum Gasteiger partial charge on any atom is -0.342 e. The van der Waals surface area contributed by atoms with Gasteiger partial charge >= 0.3 is 0 Å². The van der Waals surface area contributed by atoms with Gasteiger partial charge < -0.3 is 4.90 Å². The number of sulfonamides is 1. The molecular weight excluding hydrogens is 338 g/mol. The Balaban J connectivity index is 1.87. The molecule has 0 spiro atoms. The summed E-state index contributed by atoms with van der Waals surface area (Å²) < 4.78 is 50.6. The van der Waals surface area contributed by atoms with Crippen molar-refractivity contribution in [3.8, 4) is 0 Å². The Bertz CT molecular complexity index is 701. The smallest absolute Gasteiger partial charge is 0.237 e. The first-order valence-electron chi connectivity index (χ1n) is 7.80. The first kappa shape index (κ1) is 18.8. The Morgan fingerprint density at radius 3 is 2.50 bits per heavy atom. The first-order valence-corrected chi connectivity index (χ1v) is 9.64. The van der Waals surface area contributed by atoms with Crippen LogP contribution in [0, 0.1) is 17.6 Å². The molecule has 134 valence electrons. The van der Waals surface area contributed by atoms with Crippen molar-refractivity contribution in [3.05, 3.63) is 35.4 Å². The second-order valence-corrected chi connectivity index (χ2v) is 8.37. The summed E-state index contributed by atoms with van der Waals surface area (Å²) >= 11 is 0. The molecule has 0 bridgehead atoms. The highest BCUT2D eigenvalue weighted by molar-refractivity contribution is 7.88. The van der Waals surface area contributed by atoms with E-state index in [4.69, 9.17) is 0 Å². The number of nitrogens with zero attached hydrogens (tertiary/aromatic N) is 2. The Morgan fingerprint density at radius 2 is 1.92 bits per heavy atom. The van der Waals surface area contributed by atoms with Gasteiger partial charge in [-0.1, -0.05) is 0 Å². The van der Waals surface area contributed by atoms with E-state index < -0.39 is 21.7 Å². The lowest BCUT2D eigenvalue weighted by atomic mass is 9.90. The molecule has 1 amide bonds. The Morgan fingerprint density at radius 1 is 1.29 bits per heavy atom. The number of halogens is 2. The second-order valence-electron chi connectivity index (χ2n) is 6.28. The number of rotatable bonds is 5. The average molecular weight is 360 g/mol. The van der Waals surface area contributed by atoms with Crippen LogP contribution in [0.15, 0.2) is 18.2 Å². The lowest BCUT2D eigenvalue weighted by Crippen LogP contribution is -2.44. The molecule has 1 heterocycles. The van der Waals surface area contributed by atoms with Crippen LogP contribution in [0.4, 0.5) is 8.78 Å². The van der Waals surface area contributed by atoms with Crippen LogP contribution in [0.3, 0.4) is 0 Å². The van der Waals surface area contributed by atoms with Gasteiger partial charge in [-0.3, -0.25) is 4.79 Å². The van der Waals surface area contributed by atoms with Gasteiger partial charge in [-0.15, -0.1) is 0 Å². The van der Waals surface area contributed by atoms with Gasteiger partial charge in [0.15, 0.2) is 0 Å². The monoisotopic (exact) mass is 360 g/mol.